The molecule has 1 rings (SSSR count). The van der Waals surface area contributed by atoms with Crippen LogP contribution >= 0.6 is 11.6 Å². The average molecular weight is 215 g/mol. The Bertz CT molecular complexity index is 281. The van der Waals surface area contributed by atoms with Crippen molar-refractivity contribution in [2.45, 2.75) is 31.6 Å². The van der Waals surface area contributed by atoms with Crippen molar-refractivity contribution in [1.82, 2.24) is 9.97 Å². The Morgan fingerprint density at radius 2 is 2.29 bits per heavy atom. The van der Waals surface area contributed by atoms with Crippen molar-refractivity contribution in [3.8, 4) is 5.88 Å². The number of alkyl halides is 1. The van der Waals surface area contributed by atoms with Gasteiger partial charge in [0, 0.05) is 23.6 Å². The van der Waals surface area contributed by atoms with E-state index in [0.717, 1.165) is 25.0 Å². The standard InChI is InChI=1S/C10H15ClN2O/c1-3-4-8(11)5-9-6-10(14-2)13-7-12-9/h6-8H,3-5H2,1-2H3. The van der Waals surface area contributed by atoms with Gasteiger partial charge in [0.05, 0.1) is 7.11 Å². The zero-order valence-corrected chi connectivity index (χ0v) is 9.29. The maximum Gasteiger partial charge on any atom is 0.216 e. The van der Waals surface area contributed by atoms with Crippen LogP contribution in [0, 0.1) is 0 Å². The minimum absolute atomic E-state index is 0.152. The summed E-state index contributed by atoms with van der Waals surface area (Å²) in [6.07, 6.45) is 4.38. The zero-order valence-electron chi connectivity index (χ0n) is 8.53. The average Bonchev–Trinajstić information content (AvgIpc) is 2.18. The van der Waals surface area contributed by atoms with Crippen LogP contribution in [0.1, 0.15) is 25.5 Å². The summed E-state index contributed by atoms with van der Waals surface area (Å²) in [5.41, 5.74) is 0.935. The van der Waals surface area contributed by atoms with Gasteiger partial charge in [-0.05, 0) is 6.42 Å². The van der Waals surface area contributed by atoms with Crippen molar-refractivity contribution in [3.05, 3.63) is 18.1 Å². The highest BCUT2D eigenvalue weighted by Gasteiger charge is 2.06. The number of rotatable bonds is 5. The molecule has 0 aromatic carbocycles. The molecule has 0 spiro atoms. The van der Waals surface area contributed by atoms with E-state index in [9.17, 15) is 0 Å². The Kier molecular flexibility index (Phi) is 4.66. The first-order valence-corrected chi connectivity index (χ1v) is 5.19. The third-order valence-electron chi connectivity index (χ3n) is 1.94. The molecule has 0 radical (unpaired) electrons. The number of hydrogen-bond acceptors (Lipinski definition) is 3. The van der Waals surface area contributed by atoms with Crippen LogP contribution in [0.4, 0.5) is 0 Å². The van der Waals surface area contributed by atoms with Gasteiger partial charge in [0.25, 0.3) is 0 Å². The lowest BCUT2D eigenvalue weighted by Gasteiger charge is -2.07. The fourth-order valence-corrected chi connectivity index (χ4v) is 1.62. The van der Waals surface area contributed by atoms with E-state index in [1.54, 1.807) is 7.11 Å². The molecule has 0 amide bonds. The first-order valence-electron chi connectivity index (χ1n) is 4.75. The summed E-state index contributed by atoms with van der Waals surface area (Å²) in [5, 5.41) is 0.152. The van der Waals surface area contributed by atoms with Crippen LogP contribution in [0.2, 0.25) is 0 Å². The molecule has 1 heterocycles. The Labute approximate surface area is 89.5 Å². The SMILES string of the molecule is CCCC(Cl)Cc1cc(OC)ncn1. The molecule has 78 valence electrons. The number of hydrogen-bond donors (Lipinski definition) is 0. The summed E-state index contributed by atoms with van der Waals surface area (Å²) in [5.74, 6) is 0.593. The first kappa shape index (κ1) is 11.2. The zero-order chi connectivity index (χ0) is 10.4. The molecule has 1 unspecified atom stereocenters. The van der Waals surface area contributed by atoms with Crippen molar-refractivity contribution in [2.75, 3.05) is 7.11 Å². The highest BCUT2D eigenvalue weighted by atomic mass is 35.5. The van der Waals surface area contributed by atoms with E-state index < -0.39 is 0 Å². The summed E-state index contributed by atoms with van der Waals surface area (Å²) in [6, 6.07) is 1.82. The van der Waals surface area contributed by atoms with Gasteiger partial charge in [-0.2, -0.15) is 0 Å². The van der Waals surface area contributed by atoms with E-state index in [-0.39, 0.29) is 5.38 Å². The molecule has 1 aromatic heterocycles. The van der Waals surface area contributed by atoms with Gasteiger partial charge in [-0.15, -0.1) is 11.6 Å². The number of ether oxygens (including phenoxy) is 1. The highest BCUT2D eigenvalue weighted by Crippen LogP contribution is 2.13. The maximum atomic E-state index is 6.11. The Hall–Kier alpha value is -0.830. The predicted octanol–water partition coefficient (Wildman–Crippen LogP) is 2.44. The highest BCUT2D eigenvalue weighted by molar-refractivity contribution is 6.20. The predicted molar refractivity (Wildman–Crippen MR) is 56.8 cm³/mol. The lowest BCUT2D eigenvalue weighted by molar-refractivity contribution is 0.395. The van der Waals surface area contributed by atoms with Gasteiger partial charge in [-0.25, -0.2) is 9.97 Å². The number of halogens is 1. The normalized spacial score (nSPS) is 12.5. The van der Waals surface area contributed by atoms with E-state index in [1.165, 1.54) is 6.33 Å². The Balaban J connectivity index is 2.57. The van der Waals surface area contributed by atoms with Gasteiger partial charge in [0.15, 0.2) is 0 Å². The summed E-state index contributed by atoms with van der Waals surface area (Å²) in [6.45, 7) is 2.12. The van der Waals surface area contributed by atoms with Gasteiger partial charge >= 0.3 is 0 Å². The molecule has 0 saturated heterocycles. The van der Waals surface area contributed by atoms with Crippen molar-refractivity contribution >= 4 is 11.6 Å². The van der Waals surface area contributed by atoms with E-state index in [0.29, 0.717) is 5.88 Å². The summed E-state index contributed by atoms with van der Waals surface area (Å²) in [4.78, 5) is 8.07. The maximum absolute atomic E-state index is 6.11. The second-order valence-electron chi connectivity index (χ2n) is 3.14. The topological polar surface area (TPSA) is 35.0 Å². The van der Waals surface area contributed by atoms with E-state index in [1.807, 2.05) is 6.07 Å². The van der Waals surface area contributed by atoms with Crippen LogP contribution in [0.3, 0.4) is 0 Å². The molecule has 4 heteroatoms. The Morgan fingerprint density at radius 3 is 2.93 bits per heavy atom. The second kappa shape index (κ2) is 5.81. The van der Waals surface area contributed by atoms with E-state index in [2.05, 4.69) is 16.9 Å². The van der Waals surface area contributed by atoms with Gasteiger partial charge < -0.3 is 4.74 Å². The molecule has 0 fully saturated rings. The molecule has 14 heavy (non-hydrogen) atoms. The lowest BCUT2D eigenvalue weighted by Crippen LogP contribution is -2.05. The smallest absolute Gasteiger partial charge is 0.216 e. The summed E-state index contributed by atoms with van der Waals surface area (Å²) >= 11 is 6.11. The fraction of sp³-hybridized carbons (Fsp3) is 0.600. The number of nitrogens with zero attached hydrogens (tertiary/aromatic N) is 2. The summed E-state index contributed by atoms with van der Waals surface area (Å²) in [7, 11) is 1.59. The second-order valence-corrected chi connectivity index (χ2v) is 3.76. The minimum Gasteiger partial charge on any atom is -0.481 e. The van der Waals surface area contributed by atoms with Crippen LogP contribution in [-0.4, -0.2) is 22.5 Å². The Morgan fingerprint density at radius 1 is 1.50 bits per heavy atom. The van der Waals surface area contributed by atoms with Gasteiger partial charge in [0.1, 0.15) is 6.33 Å². The molecule has 0 aliphatic carbocycles. The molecule has 3 nitrogen and oxygen atoms in total. The van der Waals surface area contributed by atoms with Gasteiger partial charge in [-0.1, -0.05) is 13.3 Å². The van der Waals surface area contributed by atoms with Crippen LogP contribution < -0.4 is 4.74 Å². The van der Waals surface area contributed by atoms with Crippen LogP contribution in [0.15, 0.2) is 12.4 Å². The van der Waals surface area contributed by atoms with E-state index in [4.69, 9.17) is 16.3 Å². The van der Waals surface area contributed by atoms with Crippen LogP contribution in [-0.2, 0) is 6.42 Å². The molecule has 0 aliphatic rings. The van der Waals surface area contributed by atoms with Crippen LogP contribution in [0.25, 0.3) is 0 Å². The lowest BCUT2D eigenvalue weighted by atomic mass is 10.1. The molecule has 0 saturated carbocycles. The van der Waals surface area contributed by atoms with Gasteiger partial charge in [-0.3, -0.25) is 0 Å². The van der Waals surface area contributed by atoms with Crippen LogP contribution in [0.5, 0.6) is 5.88 Å². The molecule has 1 atom stereocenters. The molecule has 1 aromatic rings. The largest absolute Gasteiger partial charge is 0.481 e. The van der Waals surface area contributed by atoms with Crippen molar-refractivity contribution < 1.29 is 4.74 Å². The van der Waals surface area contributed by atoms with Crippen molar-refractivity contribution in [1.29, 1.82) is 0 Å². The fourth-order valence-electron chi connectivity index (χ4n) is 1.24. The molecular weight excluding hydrogens is 200 g/mol. The molecule has 0 aliphatic heterocycles. The minimum atomic E-state index is 0.152. The third kappa shape index (κ3) is 3.50. The number of aromatic nitrogens is 2. The van der Waals surface area contributed by atoms with Gasteiger partial charge in [0.2, 0.25) is 5.88 Å². The summed E-state index contributed by atoms with van der Waals surface area (Å²) < 4.78 is 5.00. The quantitative estimate of drug-likeness (QED) is 0.707. The van der Waals surface area contributed by atoms with Crippen molar-refractivity contribution in [3.63, 3.8) is 0 Å². The third-order valence-corrected chi connectivity index (χ3v) is 2.31. The molecule has 0 N–H and O–H groups in total. The number of methoxy groups -OCH3 is 1. The monoisotopic (exact) mass is 214 g/mol. The van der Waals surface area contributed by atoms with Crippen molar-refractivity contribution in [2.24, 2.45) is 0 Å². The first-order chi connectivity index (χ1) is 6.76. The van der Waals surface area contributed by atoms with E-state index >= 15 is 0 Å². The molecule has 0 bridgehead atoms. The molecular formula is C10H15ClN2O.